The van der Waals surface area contributed by atoms with Gasteiger partial charge in [-0.2, -0.15) is 0 Å². The second-order valence-electron chi connectivity index (χ2n) is 3.35. The molecule has 0 heterocycles. The van der Waals surface area contributed by atoms with Crippen LogP contribution in [-0.2, 0) is 4.79 Å². The number of carbonyl (C=O) groups excluding carboxylic acids is 1. The molecule has 94 valence electrons. The minimum absolute atomic E-state index is 0.121. The van der Waals surface area contributed by atoms with Gasteiger partial charge in [-0.3, -0.25) is 4.79 Å². The summed E-state index contributed by atoms with van der Waals surface area (Å²) >= 11 is 0. The molecule has 0 saturated carbocycles. The van der Waals surface area contributed by atoms with E-state index in [0.29, 0.717) is 17.1 Å². The number of ketones is 1. The predicted molar refractivity (Wildman–Crippen MR) is 74.2 cm³/mol. The second kappa shape index (κ2) is 6.39. The SMILES string of the molecule is CC.Nc1ccc(N=C2C=CC(=O)C=C2O)cc1. The van der Waals surface area contributed by atoms with Gasteiger partial charge in [-0.05, 0) is 36.4 Å². The third-order valence-electron chi connectivity index (χ3n) is 2.09. The zero-order valence-corrected chi connectivity index (χ0v) is 10.4. The molecule has 4 heteroatoms. The Morgan fingerprint density at radius 1 is 1.11 bits per heavy atom. The molecule has 0 aliphatic heterocycles. The molecule has 0 atom stereocenters. The first-order chi connectivity index (χ1) is 8.65. The number of nitrogens with two attached hydrogens (primary N) is 1. The number of benzene rings is 1. The van der Waals surface area contributed by atoms with Gasteiger partial charge in [0, 0.05) is 11.8 Å². The molecule has 1 aromatic carbocycles. The summed E-state index contributed by atoms with van der Waals surface area (Å²) in [5.41, 5.74) is 7.22. The average molecular weight is 244 g/mol. The molecule has 0 aromatic heterocycles. The van der Waals surface area contributed by atoms with E-state index in [2.05, 4.69) is 4.99 Å². The molecule has 1 aromatic rings. The van der Waals surface area contributed by atoms with Crippen LogP contribution in [0.2, 0.25) is 0 Å². The van der Waals surface area contributed by atoms with Crippen molar-refractivity contribution in [2.24, 2.45) is 4.99 Å². The highest BCUT2D eigenvalue weighted by atomic mass is 16.3. The Bertz CT molecular complexity index is 511. The van der Waals surface area contributed by atoms with Gasteiger partial charge in [0.15, 0.2) is 5.78 Å². The van der Waals surface area contributed by atoms with Crippen molar-refractivity contribution >= 4 is 22.9 Å². The lowest BCUT2D eigenvalue weighted by Gasteiger charge is -2.04. The first-order valence-corrected chi connectivity index (χ1v) is 5.72. The van der Waals surface area contributed by atoms with Crippen molar-refractivity contribution in [1.29, 1.82) is 0 Å². The van der Waals surface area contributed by atoms with E-state index in [-0.39, 0.29) is 11.5 Å². The Kier molecular flexibility index (Phi) is 4.87. The lowest BCUT2D eigenvalue weighted by molar-refractivity contribution is -0.110. The molecular weight excluding hydrogens is 228 g/mol. The van der Waals surface area contributed by atoms with Gasteiger partial charge < -0.3 is 10.8 Å². The van der Waals surface area contributed by atoms with Crippen LogP contribution in [0.25, 0.3) is 0 Å². The summed E-state index contributed by atoms with van der Waals surface area (Å²) in [6, 6.07) is 6.91. The molecule has 0 amide bonds. The number of carbonyl (C=O) groups is 1. The van der Waals surface area contributed by atoms with Gasteiger partial charge in [0.2, 0.25) is 0 Å². The minimum atomic E-state index is -0.242. The summed E-state index contributed by atoms with van der Waals surface area (Å²) < 4.78 is 0. The molecule has 4 nitrogen and oxygen atoms in total. The number of aliphatic imine (C=N–C) groups is 1. The Balaban J connectivity index is 0.000000771. The minimum Gasteiger partial charge on any atom is -0.506 e. The van der Waals surface area contributed by atoms with Gasteiger partial charge in [0.25, 0.3) is 0 Å². The molecule has 0 fully saturated rings. The highest BCUT2D eigenvalue weighted by Gasteiger charge is 2.09. The number of hydrogen-bond acceptors (Lipinski definition) is 4. The third kappa shape index (κ3) is 3.59. The molecule has 0 saturated heterocycles. The van der Waals surface area contributed by atoms with Gasteiger partial charge in [-0.1, -0.05) is 13.8 Å². The summed E-state index contributed by atoms with van der Waals surface area (Å²) in [5.74, 6) is -0.363. The van der Waals surface area contributed by atoms with Crippen molar-refractivity contribution < 1.29 is 9.90 Å². The van der Waals surface area contributed by atoms with Gasteiger partial charge in [0.05, 0.1) is 5.69 Å². The summed E-state index contributed by atoms with van der Waals surface area (Å²) in [7, 11) is 0. The van der Waals surface area contributed by atoms with Crippen LogP contribution in [0.4, 0.5) is 11.4 Å². The maximum absolute atomic E-state index is 10.9. The lowest BCUT2D eigenvalue weighted by atomic mass is 10.1. The fourth-order valence-corrected chi connectivity index (χ4v) is 1.29. The summed E-state index contributed by atoms with van der Waals surface area (Å²) in [6.45, 7) is 4.00. The van der Waals surface area contributed by atoms with Crippen molar-refractivity contribution in [3.63, 3.8) is 0 Å². The first kappa shape index (κ1) is 13.7. The molecule has 2 rings (SSSR count). The van der Waals surface area contributed by atoms with E-state index in [9.17, 15) is 9.90 Å². The zero-order chi connectivity index (χ0) is 13.5. The Morgan fingerprint density at radius 3 is 2.28 bits per heavy atom. The van der Waals surface area contributed by atoms with E-state index in [1.54, 1.807) is 24.3 Å². The topological polar surface area (TPSA) is 75.7 Å². The Hall–Kier alpha value is -2.36. The number of aliphatic hydroxyl groups excluding tert-OH is 1. The van der Waals surface area contributed by atoms with E-state index in [1.807, 2.05) is 13.8 Å². The van der Waals surface area contributed by atoms with E-state index in [1.165, 1.54) is 12.2 Å². The van der Waals surface area contributed by atoms with Crippen LogP contribution in [-0.4, -0.2) is 16.6 Å². The second-order valence-corrected chi connectivity index (χ2v) is 3.35. The van der Waals surface area contributed by atoms with Crippen molar-refractivity contribution in [2.75, 3.05) is 5.73 Å². The predicted octanol–water partition coefficient (Wildman–Crippen LogP) is 2.95. The number of rotatable bonds is 1. The fourth-order valence-electron chi connectivity index (χ4n) is 1.29. The highest BCUT2D eigenvalue weighted by Crippen LogP contribution is 2.16. The third-order valence-corrected chi connectivity index (χ3v) is 2.09. The van der Waals surface area contributed by atoms with E-state index >= 15 is 0 Å². The van der Waals surface area contributed by atoms with Crippen LogP contribution in [0.1, 0.15) is 13.8 Å². The summed E-state index contributed by atoms with van der Waals surface area (Å²) in [4.78, 5) is 15.1. The van der Waals surface area contributed by atoms with E-state index in [0.717, 1.165) is 6.08 Å². The van der Waals surface area contributed by atoms with E-state index in [4.69, 9.17) is 5.73 Å². The largest absolute Gasteiger partial charge is 0.506 e. The smallest absolute Gasteiger partial charge is 0.182 e. The maximum atomic E-state index is 10.9. The molecule has 0 bridgehead atoms. The molecule has 0 unspecified atom stereocenters. The average Bonchev–Trinajstić information content (AvgIpc) is 2.38. The molecule has 1 aliphatic carbocycles. The van der Waals surface area contributed by atoms with Crippen molar-refractivity contribution in [1.82, 2.24) is 0 Å². The van der Waals surface area contributed by atoms with Crippen LogP contribution in [0.15, 0.2) is 53.2 Å². The van der Waals surface area contributed by atoms with Crippen LogP contribution in [0, 0.1) is 0 Å². The monoisotopic (exact) mass is 244 g/mol. The van der Waals surface area contributed by atoms with Gasteiger partial charge >= 0.3 is 0 Å². The number of hydrogen-bond donors (Lipinski definition) is 2. The highest BCUT2D eigenvalue weighted by molar-refractivity contribution is 6.19. The summed E-state index contributed by atoms with van der Waals surface area (Å²) in [6.07, 6.45) is 3.97. The van der Waals surface area contributed by atoms with Crippen LogP contribution in [0.5, 0.6) is 0 Å². The Labute approximate surface area is 106 Å². The molecule has 0 spiro atoms. The molecule has 3 N–H and O–H groups in total. The number of aliphatic hydroxyl groups is 1. The Morgan fingerprint density at radius 2 is 1.72 bits per heavy atom. The normalized spacial score (nSPS) is 16.0. The quantitative estimate of drug-likeness (QED) is 0.589. The maximum Gasteiger partial charge on any atom is 0.182 e. The zero-order valence-electron chi connectivity index (χ0n) is 10.4. The molecule has 1 aliphatic rings. The first-order valence-electron chi connectivity index (χ1n) is 5.72. The number of allylic oxidation sites excluding steroid dienone is 3. The molecular formula is C14H16N2O2. The van der Waals surface area contributed by atoms with Crippen LogP contribution < -0.4 is 5.73 Å². The standard InChI is InChI=1S/C12H10N2O2.C2H6/c13-8-1-3-9(4-2-8)14-11-6-5-10(15)7-12(11)16;1-2/h1-7,16H,13H2;1-2H3. The number of nitrogen functional groups attached to an aromatic ring is 1. The van der Waals surface area contributed by atoms with Crippen LogP contribution >= 0.6 is 0 Å². The lowest BCUT2D eigenvalue weighted by Crippen LogP contribution is -2.06. The van der Waals surface area contributed by atoms with Gasteiger partial charge in [-0.25, -0.2) is 4.99 Å². The van der Waals surface area contributed by atoms with Crippen LogP contribution in [0.3, 0.4) is 0 Å². The van der Waals surface area contributed by atoms with Crippen molar-refractivity contribution in [3.8, 4) is 0 Å². The van der Waals surface area contributed by atoms with Crippen molar-refractivity contribution in [3.05, 3.63) is 48.3 Å². The molecule has 0 radical (unpaired) electrons. The fraction of sp³-hybridized carbons (Fsp3) is 0.143. The molecule has 18 heavy (non-hydrogen) atoms. The van der Waals surface area contributed by atoms with Crippen molar-refractivity contribution in [2.45, 2.75) is 13.8 Å². The number of nitrogens with zero attached hydrogens (tertiary/aromatic N) is 1. The summed E-state index contributed by atoms with van der Waals surface area (Å²) in [5, 5.41) is 9.49. The van der Waals surface area contributed by atoms with Gasteiger partial charge in [-0.15, -0.1) is 0 Å². The van der Waals surface area contributed by atoms with Gasteiger partial charge in [0.1, 0.15) is 11.5 Å². The number of anilines is 1. The van der Waals surface area contributed by atoms with E-state index < -0.39 is 0 Å².